The van der Waals surface area contributed by atoms with Gasteiger partial charge in [0.1, 0.15) is 5.78 Å². The molecule has 3 aliphatic rings. The SMILES string of the molecule is CC(=O)[C@H]1C(c2ccc3c(c2)OCO3)=CC(=O)[C@H]2CCCC[C@H]12. The zero-order chi connectivity index (χ0) is 16.0. The quantitative estimate of drug-likeness (QED) is 0.840. The minimum Gasteiger partial charge on any atom is -0.454 e. The van der Waals surface area contributed by atoms with Crippen molar-refractivity contribution in [3.63, 3.8) is 0 Å². The largest absolute Gasteiger partial charge is 0.454 e. The van der Waals surface area contributed by atoms with E-state index in [9.17, 15) is 9.59 Å². The molecule has 1 fully saturated rings. The maximum atomic E-state index is 12.6. The van der Waals surface area contributed by atoms with Gasteiger partial charge in [-0.25, -0.2) is 0 Å². The second-order valence-electron chi connectivity index (χ2n) is 6.71. The topological polar surface area (TPSA) is 52.6 Å². The summed E-state index contributed by atoms with van der Waals surface area (Å²) in [6, 6.07) is 5.67. The van der Waals surface area contributed by atoms with Crippen LogP contribution in [0.1, 0.15) is 38.2 Å². The number of benzene rings is 1. The van der Waals surface area contributed by atoms with Crippen molar-refractivity contribution in [2.75, 3.05) is 6.79 Å². The van der Waals surface area contributed by atoms with Crippen LogP contribution in [0.2, 0.25) is 0 Å². The highest BCUT2D eigenvalue weighted by molar-refractivity contribution is 6.06. The van der Waals surface area contributed by atoms with Crippen LogP contribution < -0.4 is 9.47 Å². The van der Waals surface area contributed by atoms with Crippen LogP contribution in [0.15, 0.2) is 24.3 Å². The second-order valence-corrected chi connectivity index (χ2v) is 6.71. The fourth-order valence-corrected chi connectivity index (χ4v) is 4.35. The van der Waals surface area contributed by atoms with Gasteiger partial charge in [0.25, 0.3) is 0 Å². The monoisotopic (exact) mass is 312 g/mol. The first-order valence-corrected chi connectivity index (χ1v) is 8.31. The van der Waals surface area contributed by atoms with E-state index >= 15 is 0 Å². The van der Waals surface area contributed by atoms with Crippen molar-refractivity contribution < 1.29 is 19.1 Å². The minimum atomic E-state index is -0.182. The molecular weight excluding hydrogens is 292 g/mol. The molecule has 4 heteroatoms. The Morgan fingerprint density at radius 1 is 1.13 bits per heavy atom. The first-order chi connectivity index (χ1) is 11.1. The smallest absolute Gasteiger partial charge is 0.231 e. The van der Waals surface area contributed by atoms with Gasteiger partial charge < -0.3 is 9.47 Å². The lowest BCUT2D eigenvalue weighted by Gasteiger charge is -2.39. The first-order valence-electron chi connectivity index (χ1n) is 8.31. The number of ether oxygens (including phenoxy) is 2. The third-order valence-corrected chi connectivity index (χ3v) is 5.39. The van der Waals surface area contributed by atoms with Gasteiger partial charge in [0.05, 0.1) is 0 Å². The van der Waals surface area contributed by atoms with E-state index in [4.69, 9.17) is 9.47 Å². The molecule has 4 nitrogen and oxygen atoms in total. The highest BCUT2D eigenvalue weighted by atomic mass is 16.7. The highest BCUT2D eigenvalue weighted by Gasteiger charge is 2.43. The average Bonchev–Trinajstić information content (AvgIpc) is 3.02. The van der Waals surface area contributed by atoms with E-state index in [1.165, 1.54) is 0 Å². The zero-order valence-corrected chi connectivity index (χ0v) is 13.2. The predicted octanol–water partition coefficient (Wildman–Crippen LogP) is 3.39. The fourth-order valence-electron chi connectivity index (χ4n) is 4.35. The summed E-state index contributed by atoms with van der Waals surface area (Å²) in [5, 5.41) is 0. The summed E-state index contributed by atoms with van der Waals surface area (Å²) in [5.74, 6) is 1.72. The molecule has 1 heterocycles. The van der Waals surface area contributed by atoms with Crippen molar-refractivity contribution in [1.29, 1.82) is 0 Å². The molecule has 0 spiro atoms. The summed E-state index contributed by atoms with van der Waals surface area (Å²) < 4.78 is 10.8. The molecule has 1 aliphatic heterocycles. The molecule has 120 valence electrons. The summed E-state index contributed by atoms with van der Waals surface area (Å²) in [4.78, 5) is 24.9. The molecular formula is C19H20O4. The molecule has 0 unspecified atom stereocenters. The van der Waals surface area contributed by atoms with Crippen LogP contribution >= 0.6 is 0 Å². The first kappa shape index (κ1) is 14.5. The van der Waals surface area contributed by atoms with Crippen molar-refractivity contribution >= 4 is 17.1 Å². The number of ketones is 2. The fraction of sp³-hybridized carbons (Fsp3) is 0.474. The molecule has 0 saturated heterocycles. The van der Waals surface area contributed by atoms with Crippen LogP contribution in [-0.4, -0.2) is 18.4 Å². The molecule has 4 rings (SSSR count). The predicted molar refractivity (Wildman–Crippen MR) is 85.2 cm³/mol. The summed E-state index contributed by atoms with van der Waals surface area (Å²) in [6.45, 7) is 1.87. The maximum absolute atomic E-state index is 12.6. The summed E-state index contributed by atoms with van der Waals surface area (Å²) in [5.41, 5.74) is 1.75. The third kappa shape index (κ3) is 2.37. The van der Waals surface area contributed by atoms with Gasteiger partial charge in [-0.15, -0.1) is 0 Å². The van der Waals surface area contributed by atoms with E-state index < -0.39 is 0 Å². The lowest BCUT2D eigenvalue weighted by molar-refractivity contribution is -0.126. The van der Waals surface area contributed by atoms with Gasteiger partial charge >= 0.3 is 0 Å². The second kappa shape index (κ2) is 5.52. The number of hydrogen-bond acceptors (Lipinski definition) is 4. The van der Waals surface area contributed by atoms with Crippen LogP contribution in [0.4, 0.5) is 0 Å². The molecule has 1 aromatic carbocycles. The number of carbonyl (C=O) groups is 2. The third-order valence-electron chi connectivity index (χ3n) is 5.39. The van der Waals surface area contributed by atoms with Crippen molar-refractivity contribution in [2.24, 2.45) is 17.8 Å². The number of rotatable bonds is 2. The van der Waals surface area contributed by atoms with Gasteiger partial charge in [0, 0.05) is 11.8 Å². The lowest BCUT2D eigenvalue weighted by Crippen LogP contribution is -2.39. The number of Topliss-reactive ketones (excluding diaryl/α,β-unsaturated/α-hetero) is 1. The standard InChI is InChI=1S/C19H20O4/c1-11(20)19-14-5-3-2-4-13(14)16(21)9-15(19)12-6-7-17-18(8-12)23-10-22-17/h6-9,13-14,19H,2-5,10H2,1H3/t13-,14-,19+/m0/s1. The molecule has 0 aromatic heterocycles. The lowest BCUT2D eigenvalue weighted by atomic mass is 9.63. The zero-order valence-electron chi connectivity index (χ0n) is 13.2. The normalized spacial score (nSPS) is 29.0. The number of hydrogen-bond donors (Lipinski definition) is 0. The van der Waals surface area contributed by atoms with E-state index in [1.54, 1.807) is 13.0 Å². The molecule has 0 N–H and O–H groups in total. The van der Waals surface area contributed by atoms with Crippen molar-refractivity contribution in [3.8, 4) is 11.5 Å². The van der Waals surface area contributed by atoms with Gasteiger partial charge in [-0.05, 0) is 55.0 Å². The van der Waals surface area contributed by atoms with Crippen molar-refractivity contribution in [1.82, 2.24) is 0 Å². The molecule has 1 aromatic rings. The Morgan fingerprint density at radius 2 is 1.91 bits per heavy atom. The summed E-state index contributed by atoms with van der Waals surface area (Å²) in [6.07, 6.45) is 5.77. The minimum absolute atomic E-state index is 0.0235. The van der Waals surface area contributed by atoms with E-state index in [-0.39, 0.29) is 36.1 Å². The van der Waals surface area contributed by atoms with Gasteiger partial charge in [0.2, 0.25) is 6.79 Å². The van der Waals surface area contributed by atoms with Gasteiger partial charge in [-0.1, -0.05) is 18.9 Å². The van der Waals surface area contributed by atoms with Crippen molar-refractivity contribution in [3.05, 3.63) is 29.8 Å². The molecule has 2 aliphatic carbocycles. The van der Waals surface area contributed by atoms with E-state index in [0.717, 1.165) is 36.8 Å². The molecule has 3 atom stereocenters. The molecule has 0 radical (unpaired) electrons. The molecule has 23 heavy (non-hydrogen) atoms. The Hall–Kier alpha value is -2.10. The molecule has 0 bridgehead atoms. The molecule has 0 amide bonds. The van der Waals surface area contributed by atoms with E-state index in [0.29, 0.717) is 11.5 Å². The Bertz CT molecular complexity index is 703. The maximum Gasteiger partial charge on any atom is 0.231 e. The van der Waals surface area contributed by atoms with E-state index in [1.807, 2.05) is 18.2 Å². The van der Waals surface area contributed by atoms with Crippen LogP contribution in [0.3, 0.4) is 0 Å². The summed E-state index contributed by atoms with van der Waals surface area (Å²) >= 11 is 0. The van der Waals surface area contributed by atoms with Crippen LogP contribution in [0.25, 0.3) is 5.57 Å². The summed E-state index contributed by atoms with van der Waals surface area (Å²) in [7, 11) is 0. The number of carbonyl (C=O) groups excluding carboxylic acids is 2. The number of fused-ring (bicyclic) bond motifs is 2. The Kier molecular flexibility index (Phi) is 3.47. The average molecular weight is 312 g/mol. The highest BCUT2D eigenvalue weighted by Crippen LogP contribution is 2.47. The van der Waals surface area contributed by atoms with Crippen molar-refractivity contribution in [2.45, 2.75) is 32.6 Å². The van der Waals surface area contributed by atoms with Crippen LogP contribution in [-0.2, 0) is 9.59 Å². The Labute approximate surface area is 135 Å². The van der Waals surface area contributed by atoms with E-state index in [2.05, 4.69) is 0 Å². The van der Waals surface area contributed by atoms with Gasteiger partial charge in [-0.2, -0.15) is 0 Å². The number of allylic oxidation sites excluding steroid dienone is 2. The van der Waals surface area contributed by atoms with Gasteiger partial charge in [-0.3, -0.25) is 9.59 Å². The van der Waals surface area contributed by atoms with Crippen LogP contribution in [0.5, 0.6) is 11.5 Å². The molecule has 1 saturated carbocycles. The van der Waals surface area contributed by atoms with Crippen LogP contribution in [0, 0.1) is 17.8 Å². The van der Waals surface area contributed by atoms with Gasteiger partial charge in [0.15, 0.2) is 17.3 Å². The Balaban J connectivity index is 1.78. The Morgan fingerprint density at radius 3 is 2.74 bits per heavy atom.